The number of hydrogen-bond acceptors (Lipinski definition) is 7. The molecule has 0 saturated carbocycles. The van der Waals surface area contributed by atoms with Crippen LogP contribution in [0.5, 0.6) is 5.75 Å². The van der Waals surface area contributed by atoms with Crippen LogP contribution in [-0.2, 0) is 16.1 Å². The first-order chi connectivity index (χ1) is 23.7. The van der Waals surface area contributed by atoms with E-state index >= 15 is 0 Å². The number of ether oxygens (including phenoxy) is 2. The van der Waals surface area contributed by atoms with Crippen molar-refractivity contribution in [2.75, 3.05) is 6.61 Å². The lowest BCUT2D eigenvalue weighted by molar-refractivity contribution is -0.138. The highest BCUT2D eigenvalue weighted by atomic mass is 127. The van der Waals surface area contributed by atoms with Gasteiger partial charge in [-0.05, 0) is 82.5 Å². The standard InChI is InChI=1S/C39H31BrIN3O4S/c1-4-47-38(46)33-34(27-8-6-5-7-9-27)43-39-44(35(33)28-16-14-26(15-17-28)23(2)3)37(45)32(49-39)19-29-18-30(40)20-31(41)36(29)48-22-25-12-10-24(21-42)11-13-25/h5-20,23,35H,4,22H2,1-3H3/b32-19-/t35-/m0/s1. The molecule has 1 aliphatic rings. The fraction of sp³-hybridized carbons (Fsp3) is 0.179. The van der Waals surface area contributed by atoms with E-state index in [1.807, 2.05) is 84.9 Å². The van der Waals surface area contributed by atoms with Crippen LogP contribution in [-0.4, -0.2) is 17.1 Å². The van der Waals surface area contributed by atoms with Crippen molar-refractivity contribution in [3.63, 3.8) is 0 Å². The molecule has 49 heavy (non-hydrogen) atoms. The summed E-state index contributed by atoms with van der Waals surface area (Å²) in [5.41, 5.74) is 5.41. The molecule has 0 spiro atoms. The highest BCUT2D eigenvalue weighted by Gasteiger charge is 2.35. The van der Waals surface area contributed by atoms with Crippen molar-refractivity contribution in [2.24, 2.45) is 4.99 Å². The van der Waals surface area contributed by atoms with Gasteiger partial charge in [-0.25, -0.2) is 9.79 Å². The minimum absolute atomic E-state index is 0.181. The number of esters is 1. The molecule has 2 heterocycles. The first-order valence-corrected chi connectivity index (χ1v) is 18.4. The van der Waals surface area contributed by atoms with Gasteiger partial charge < -0.3 is 9.47 Å². The first kappa shape index (κ1) is 34.5. The van der Waals surface area contributed by atoms with E-state index in [9.17, 15) is 9.59 Å². The molecule has 4 aromatic carbocycles. The van der Waals surface area contributed by atoms with Gasteiger partial charge in [0.2, 0.25) is 0 Å². The smallest absolute Gasteiger partial charge is 0.338 e. The molecule has 6 rings (SSSR count). The predicted molar refractivity (Wildman–Crippen MR) is 204 cm³/mol. The topological polar surface area (TPSA) is 93.7 Å². The number of fused-ring (bicyclic) bond motifs is 1. The Hall–Kier alpha value is -4.31. The second-order valence-corrected chi connectivity index (χ2v) is 14.7. The van der Waals surface area contributed by atoms with Gasteiger partial charge in [0.25, 0.3) is 5.56 Å². The average molecular weight is 845 g/mol. The monoisotopic (exact) mass is 843 g/mol. The van der Waals surface area contributed by atoms with E-state index in [1.54, 1.807) is 23.6 Å². The zero-order valence-electron chi connectivity index (χ0n) is 26.9. The normalized spacial score (nSPS) is 14.3. The maximum atomic E-state index is 14.5. The molecule has 0 amide bonds. The van der Waals surface area contributed by atoms with Crippen LogP contribution in [0.25, 0.3) is 11.8 Å². The van der Waals surface area contributed by atoms with Crippen LogP contribution in [0.2, 0.25) is 0 Å². The number of carbonyl (C=O) groups excluding carboxylic acids is 1. The Morgan fingerprint density at radius 2 is 1.80 bits per heavy atom. The van der Waals surface area contributed by atoms with Gasteiger partial charge >= 0.3 is 5.97 Å². The van der Waals surface area contributed by atoms with Crippen LogP contribution in [0.3, 0.4) is 0 Å². The van der Waals surface area contributed by atoms with Gasteiger partial charge in [0, 0.05) is 15.6 Å². The van der Waals surface area contributed by atoms with Gasteiger partial charge in [0.15, 0.2) is 4.80 Å². The van der Waals surface area contributed by atoms with Crippen molar-refractivity contribution in [3.05, 3.63) is 158 Å². The second-order valence-electron chi connectivity index (χ2n) is 11.7. The van der Waals surface area contributed by atoms with E-state index < -0.39 is 12.0 Å². The van der Waals surface area contributed by atoms with Crippen LogP contribution in [0.1, 0.15) is 66.1 Å². The van der Waals surface area contributed by atoms with Gasteiger partial charge in [-0.3, -0.25) is 9.36 Å². The number of nitriles is 1. The summed E-state index contributed by atoms with van der Waals surface area (Å²) in [6.07, 6.45) is 1.82. The third kappa shape index (κ3) is 7.34. The summed E-state index contributed by atoms with van der Waals surface area (Å²) >= 11 is 7.10. The Labute approximate surface area is 310 Å². The third-order valence-corrected chi connectivity index (χ3v) is 10.3. The maximum absolute atomic E-state index is 14.5. The quantitative estimate of drug-likeness (QED) is 0.111. The van der Waals surface area contributed by atoms with E-state index in [0.29, 0.717) is 43.4 Å². The molecule has 7 nitrogen and oxygen atoms in total. The summed E-state index contributed by atoms with van der Waals surface area (Å²) in [5.74, 6) is 0.423. The molecule has 0 aliphatic carbocycles. The number of benzene rings is 4. The molecule has 0 N–H and O–H groups in total. The van der Waals surface area contributed by atoms with Gasteiger partial charge in [-0.15, -0.1) is 0 Å². The molecule has 5 aromatic rings. The molecule has 0 radical (unpaired) electrons. The van der Waals surface area contributed by atoms with Gasteiger partial charge in [0.1, 0.15) is 12.4 Å². The van der Waals surface area contributed by atoms with E-state index in [1.165, 1.54) is 11.3 Å². The molecule has 1 atom stereocenters. The van der Waals surface area contributed by atoms with Crippen LogP contribution in [0.15, 0.2) is 111 Å². The summed E-state index contributed by atoms with van der Waals surface area (Å²) in [4.78, 5) is 33.7. The second kappa shape index (κ2) is 15.1. The number of rotatable bonds is 9. The van der Waals surface area contributed by atoms with Gasteiger partial charge in [-0.2, -0.15) is 5.26 Å². The Morgan fingerprint density at radius 1 is 1.08 bits per heavy atom. The van der Waals surface area contributed by atoms with Crippen molar-refractivity contribution in [2.45, 2.75) is 39.3 Å². The summed E-state index contributed by atoms with van der Waals surface area (Å²) in [7, 11) is 0. The molecule has 1 aliphatic heterocycles. The zero-order chi connectivity index (χ0) is 34.7. The molecule has 1 aromatic heterocycles. The van der Waals surface area contributed by atoms with E-state index in [0.717, 1.165) is 30.3 Å². The van der Waals surface area contributed by atoms with Gasteiger partial charge in [-0.1, -0.05) is 108 Å². The number of nitrogens with zero attached hydrogens (tertiary/aromatic N) is 3. The lowest BCUT2D eigenvalue weighted by Crippen LogP contribution is -2.40. The number of aromatic nitrogens is 1. The minimum atomic E-state index is -0.761. The van der Waals surface area contributed by atoms with E-state index in [-0.39, 0.29) is 18.8 Å². The SMILES string of the molecule is CCOC(=O)C1=C(c2ccccc2)N=c2s/c(=C\c3cc(Br)cc(I)c3OCc3ccc(C#N)cc3)c(=O)n2[C@H]1c1ccc(C(C)C)cc1. The van der Waals surface area contributed by atoms with Crippen molar-refractivity contribution in [3.8, 4) is 11.8 Å². The highest BCUT2D eigenvalue weighted by Crippen LogP contribution is 2.36. The number of hydrogen-bond donors (Lipinski definition) is 0. The fourth-order valence-electron chi connectivity index (χ4n) is 5.63. The minimum Gasteiger partial charge on any atom is -0.487 e. The third-order valence-electron chi connectivity index (χ3n) is 8.08. The fourth-order valence-corrected chi connectivity index (χ4v) is 8.33. The number of halogens is 2. The Balaban J connectivity index is 1.54. The maximum Gasteiger partial charge on any atom is 0.338 e. The molecule has 10 heteroatoms. The summed E-state index contributed by atoms with van der Waals surface area (Å²) < 4.78 is 15.7. The molecular formula is C39H31BrIN3O4S. The molecule has 0 bridgehead atoms. The largest absolute Gasteiger partial charge is 0.487 e. The number of thiazole rings is 1. The summed E-state index contributed by atoms with van der Waals surface area (Å²) in [6, 6.07) is 30.1. The van der Waals surface area contributed by atoms with Crippen LogP contribution >= 0.6 is 49.9 Å². The lowest BCUT2D eigenvalue weighted by atomic mass is 9.91. The van der Waals surface area contributed by atoms with E-state index in [4.69, 9.17) is 19.7 Å². The van der Waals surface area contributed by atoms with Crippen molar-refractivity contribution in [1.29, 1.82) is 5.26 Å². The average Bonchev–Trinajstić information content (AvgIpc) is 3.41. The molecule has 0 unspecified atom stereocenters. The Bertz CT molecular complexity index is 2290. The van der Waals surface area contributed by atoms with E-state index in [2.05, 4.69) is 58.4 Å². The molecule has 0 saturated heterocycles. The molecule has 0 fully saturated rings. The Kier molecular flexibility index (Phi) is 10.6. The van der Waals surface area contributed by atoms with Crippen molar-refractivity contribution >= 4 is 67.6 Å². The summed E-state index contributed by atoms with van der Waals surface area (Å²) in [6.45, 7) is 6.48. The van der Waals surface area contributed by atoms with Gasteiger partial charge in [0.05, 0.1) is 43.7 Å². The predicted octanol–water partition coefficient (Wildman–Crippen LogP) is 7.88. The van der Waals surface area contributed by atoms with Crippen LogP contribution in [0, 0.1) is 14.9 Å². The highest BCUT2D eigenvalue weighted by molar-refractivity contribution is 14.1. The lowest BCUT2D eigenvalue weighted by Gasteiger charge is -2.26. The number of carbonyl (C=O) groups is 1. The van der Waals surface area contributed by atoms with Crippen LogP contribution < -0.4 is 19.6 Å². The molecule has 246 valence electrons. The van der Waals surface area contributed by atoms with Crippen molar-refractivity contribution in [1.82, 2.24) is 4.57 Å². The first-order valence-electron chi connectivity index (χ1n) is 15.7. The summed E-state index contributed by atoms with van der Waals surface area (Å²) in [5, 5.41) is 9.16. The zero-order valence-corrected chi connectivity index (χ0v) is 31.5. The van der Waals surface area contributed by atoms with Crippen LogP contribution in [0.4, 0.5) is 0 Å². The Morgan fingerprint density at radius 3 is 2.45 bits per heavy atom. The van der Waals surface area contributed by atoms with Crippen molar-refractivity contribution < 1.29 is 14.3 Å². The molecular weight excluding hydrogens is 813 g/mol.